The summed E-state index contributed by atoms with van der Waals surface area (Å²) in [6.07, 6.45) is 2.32. The van der Waals surface area contributed by atoms with Crippen molar-refractivity contribution in [1.29, 1.82) is 0 Å². The molecule has 0 radical (unpaired) electrons. The predicted octanol–water partition coefficient (Wildman–Crippen LogP) is 5.24. The van der Waals surface area contributed by atoms with E-state index in [1.807, 2.05) is 17.5 Å². The molecule has 5 rings (SSSR count). The lowest BCUT2D eigenvalue weighted by atomic mass is 9.79. The summed E-state index contributed by atoms with van der Waals surface area (Å²) in [5.74, 6) is 0.262. The third kappa shape index (κ3) is 5.96. The van der Waals surface area contributed by atoms with Gasteiger partial charge < -0.3 is 19.0 Å². The summed E-state index contributed by atoms with van der Waals surface area (Å²) in [5, 5.41) is 3.36. The fraction of sp³-hybridized carbons (Fsp3) is 0.519. The van der Waals surface area contributed by atoms with Crippen molar-refractivity contribution in [3.8, 4) is 11.3 Å². The molecule has 2 aromatic heterocycles. The smallest absolute Gasteiger partial charge is 0.428 e. The number of piperidine rings is 1. The Labute approximate surface area is 240 Å². The topological polar surface area (TPSA) is 120 Å². The molecule has 0 bridgehead atoms. The Morgan fingerprint density at radius 2 is 1.85 bits per heavy atom. The van der Waals surface area contributed by atoms with Crippen molar-refractivity contribution >= 4 is 41.3 Å². The summed E-state index contributed by atoms with van der Waals surface area (Å²) in [6.45, 7) is 10.8. The molecule has 2 aromatic rings. The molecular weight excluding hydrogens is 556 g/mol. The lowest BCUT2D eigenvalue weighted by Gasteiger charge is -2.51. The Kier molecular flexibility index (Phi) is 7.57. The second kappa shape index (κ2) is 10.7. The van der Waals surface area contributed by atoms with Crippen LogP contribution in [0.3, 0.4) is 0 Å². The highest BCUT2D eigenvalue weighted by Gasteiger charge is 2.64. The largest absolute Gasteiger partial charge is 0.528 e. The highest BCUT2D eigenvalue weighted by Crippen LogP contribution is 2.50. The summed E-state index contributed by atoms with van der Waals surface area (Å²) in [5.41, 5.74) is 1.09. The fourth-order valence-corrected chi connectivity index (χ4v) is 6.83. The number of hydrogen-bond acceptors (Lipinski definition) is 12. The molecule has 13 heteroatoms. The maximum Gasteiger partial charge on any atom is 0.528 e. The second-order valence-electron chi connectivity index (χ2n) is 11.7. The van der Waals surface area contributed by atoms with Crippen LogP contribution in [0.4, 0.5) is 9.59 Å². The number of amides is 1. The molecule has 1 unspecified atom stereocenters. The van der Waals surface area contributed by atoms with Crippen molar-refractivity contribution in [2.24, 2.45) is 5.92 Å². The summed E-state index contributed by atoms with van der Waals surface area (Å²) in [4.78, 5) is 54.2. The Morgan fingerprint density at radius 3 is 2.52 bits per heavy atom. The maximum absolute atomic E-state index is 13.4. The van der Waals surface area contributed by atoms with E-state index in [-0.39, 0.29) is 23.8 Å². The fourth-order valence-electron chi connectivity index (χ4n) is 4.90. The van der Waals surface area contributed by atoms with E-state index in [2.05, 4.69) is 4.98 Å². The van der Waals surface area contributed by atoms with Gasteiger partial charge in [0.1, 0.15) is 17.2 Å². The zero-order chi connectivity index (χ0) is 28.8. The van der Waals surface area contributed by atoms with Crippen molar-refractivity contribution in [3.63, 3.8) is 0 Å². The average molecular weight is 589 g/mol. The Balaban J connectivity index is 1.35. The van der Waals surface area contributed by atoms with Crippen LogP contribution in [-0.4, -0.2) is 73.7 Å². The zero-order valence-corrected chi connectivity index (χ0v) is 24.8. The minimum Gasteiger partial charge on any atom is -0.428 e. The van der Waals surface area contributed by atoms with Crippen LogP contribution in [0.15, 0.2) is 45.7 Å². The minimum absolute atomic E-state index is 0.0797. The molecule has 2 saturated heterocycles. The highest BCUT2D eigenvalue weighted by atomic mass is 32.2. The molecule has 0 aromatic carbocycles. The normalized spacial score (nSPS) is 22.5. The number of carbonyl (C=O) groups excluding carboxylic acids is 3. The van der Waals surface area contributed by atoms with Crippen LogP contribution in [0, 0.1) is 5.92 Å². The molecule has 3 aliphatic heterocycles. The average Bonchev–Trinajstić information content (AvgIpc) is 3.42. The van der Waals surface area contributed by atoms with Gasteiger partial charge in [-0.05, 0) is 60.1 Å². The number of pyridine rings is 1. The van der Waals surface area contributed by atoms with E-state index < -0.39 is 29.6 Å². The lowest BCUT2D eigenvalue weighted by Crippen LogP contribution is -2.72. The number of thiazole rings is 1. The number of carbonyl (C=O) groups is 3. The van der Waals surface area contributed by atoms with E-state index in [4.69, 9.17) is 24.0 Å². The van der Waals surface area contributed by atoms with Crippen LogP contribution in [-0.2, 0) is 23.8 Å². The van der Waals surface area contributed by atoms with Gasteiger partial charge in [-0.3, -0.25) is 14.7 Å². The lowest BCUT2D eigenvalue weighted by molar-refractivity contribution is -0.223. The molecule has 0 aliphatic carbocycles. The Morgan fingerprint density at radius 1 is 1.12 bits per heavy atom. The molecule has 214 valence electrons. The first-order valence-corrected chi connectivity index (χ1v) is 14.8. The summed E-state index contributed by atoms with van der Waals surface area (Å²) in [7, 11) is 0. The molecule has 3 atom stereocenters. The summed E-state index contributed by atoms with van der Waals surface area (Å²) in [6, 6.07) is 2.79. The number of ether oxygens (including phenoxy) is 3. The number of nitrogens with zero attached hydrogens (tertiary/aromatic N) is 4. The van der Waals surface area contributed by atoms with Crippen LogP contribution < -0.4 is 0 Å². The summed E-state index contributed by atoms with van der Waals surface area (Å²) >= 11 is 3.02. The molecule has 3 aliphatic rings. The van der Waals surface area contributed by atoms with Crippen molar-refractivity contribution in [3.05, 3.63) is 41.4 Å². The summed E-state index contributed by atoms with van der Waals surface area (Å²) < 4.78 is 17.2. The van der Waals surface area contributed by atoms with E-state index >= 15 is 0 Å². The third-order valence-electron chi connectivity index (χ3n) is 6.38. The number of aromatic nitrogens is 2. The number of β-lactam (4-membered cyclic amide) rings is 1. The molecule has 40 heavy (non-hydrogen) atoms. The number of thioether (sulfide) groups is 1. The van der Waals surface area contributed by atoms with Crippen LogP contribution in [0.25, 0.3) is 11.3 Å². The molecular formula is C27H32N4O7S2. The van der Waals surface area contributed by atoms with Gasteiger partial charge in [-0.1, -0.05) is 11.8 Å². The molecule has 5 heterocycles. The first-order valence-electron chi connectivity index (χ1n) is 12.9. The Bertz CT molecular complexity index is 1330. The first-order chi connectivity index (χ1) is 18.8. The van der Waals surface area contributed by atoms with E-state index in [1.165, 1.54) is 33.1 Å². The van der Waals surface area contributed by atoms with Gasteiger partial charge >= 0.3 is 12.3 Å². The van der Waals surface area contributed by atoms with Gasteiger partial charge in [-0.25, -0.2) is 14.6 Å². The number of hydrogen-bond donors (Lipinski definition) is 0. The van der Waals surface area contributed by atoms with Gasteiger partial charge in [0.2, 0.25) is 5.88 Å². The van der Waals surface area contributed by atoms with E-state index in [9.17, 15) is 14.4 Å². The molecule has 0 spiro atoms. The number of hydroxylamine groups is 2. The Hall–Kier alpha value is -3.16. The SMILES string of the molecule is CC(C)(C)OC(=O)OC1=C(CSc2nc(-c3cccnc3)cs2)C2CCN(OC(=O)OC(C)(C)C)[C@@H]3C(=O)N1[C@H]23. The molecule has 1 amide bonds. The van der Waals surface area contributed by atoms with Crippen LogP contribution in [0.5, 0.6) is 0 Å². The van der Waals surface area contributed by atoms with Crippen LogP contribution in [0.1, 0.15) is 48.0 Å². The van der Waals surface area contributed by atoms with Gasteiger partial charge in [0.05, 0.1) is 11.7 Å². The van der Waals surface area contributed by atoms with Gasteiger partial charge in [-0.2, -0.15) is 0 Å². The molecule has 0 N–H and O–H groups in total. The van der Waals surface area contributed by atoms with E-state index in [0.29, 0.717) is 18.7 Å². The number of rotatable bonds is 6. The van der Waals surface area contributed by atoms with E-state index in [0.717, 1.165) is 21.2 Å². The van der Waals surface area contributed by atoms with Crippen molar-refractivity contribution in [2.75, 3.05) is 12.3 Å². The maximum atomic E-state index is 13.4. The van der Waals surface area contributed by atoms with Gasteiger partial charge in [0, 0.05) is 47.1 Å². The van der Waals surface area contributed by atoms with Gasteiger partial charge in [0.25, 0.3) is 5.91 Å². The monoisotopic (exact) mass is 588 g/mol. The van der Waals surface area contributed by atoms with Crippen molar-refractivity contribution in [2.45, 2.75) is 75.6 Å². The quantitative estimate of drug-likeness (QED) is 0.250. The van der Waals surface area contributed by atoms with E-state index in [1.54, 1.807) is 53.9 Å². The predicted molar refractivity (Wildman–Crippen MR) is 147 cm³/mol. The minimum atomic E-state index is -0.880. The van der Waals surface area contributed by atoms with Gasteiger partial charge in [-0.15, -0.1) is 16.4 Å². The standard InChI is InChI=1S/C27H32N4O7S2/c1-26(2,3)36-24(33)35-22-17(13-39-23-29-18(14-40-23)15-8-7-10-28-12-15)16-9-11-30(20-19(16)31(22)21(20)32)38-25(34)37-27(4,5)6/h7-8,10,12,14,16,19-20H,9,11,13H2,1-6H3/t16?,19-,20+/m1/s1. The van der Waals surface area contributed by atoms with Crippen molar-refractivity contribution < 1.29 is 33.4 Å². The highest BCUT2D eigenvalue weighted by molar-refractivity contribution is 8.01. The van der Waals surface area contributed by atoms with Crippen molar-refractivity contribution in [1.82, 2.24) is 19.9 Å². The second-order valence-corrected chi connectivity index (χ2v) is 13.7. The molecule has 0 saturated carbocycles. The molecule has 11 nitrogen and oxygen atoms in total. The zero-order valence-electron chi connectivity index (χ0n) is 23.2. The first kappa shape index (κ1) is 28.4. The van der Waals surface area contributed by atoms with Crippen LogP contribution in [0.2, 0.25) is 0 Å². The molecule has 2 fully saturated rings. The van der Waals surface area contributed by atoms with Gasteiger partial charge in [0.15, 0.2) is 4.34 Å². The van der Waals surface area contributed by atoms with Crippen LogP contribution >= 0.6 is 23.1 Å². The third-order valence-corrected chi connectivity index (χ3v) is 8.45.